The fourth-order valence-electron chi connectivity index (χ4n) is 3.01. The second-order valence-electron chi connectivity index (χ2n) is 6.29. The highest BCUT2D eigenvalue weighted by atomic mass is 16.2. The van der Waals surface area contributed by atoms with Crippen LogP contribution in [0.3, 0.4) is 0 Å². The molecule has 6 heteroatoms. The first-order valence-electron chi connectivity index (χ1n) is 8.82. The van der Waals surface area contributed by atoms with E-state index in [-0.39, 0.29) is 18.4 Å². The van der Waals surface area contributed by atoms with Crippen molar-refractivity contribution in [1.29, 1.82) is 0 Å². The van der Waals surface area contributed by atoms with Crippen LogP contribution in [0, 0.1) is 0 Å². The van der Waals surface area contributed by atoms with Crippen LogP contribution in [-0.4, -0.2) is 49.4 Å². The molecule has 1 fully saturated rings. The van der Waals surface area contributed by atoms with Crippen molar-refractivity contribution in [2.45, 2.75) is 6.54 Å². The number of carbonyl (C=O) groups is 2. The topological polar surface area (TPSA) is 78.7 Å². The van der Waals surface area contributed by atoms with Crippen molar-refractivity contribution in [3.8, 4) is 0 Å². The second-order valence-corrected chi connectivity index (χ2v) is 6.29. The standard InChI is InChI=1S/C20H24N4O2/c21-14-16-6-8-17(9-7-16)20(26)22-15-19(25)24-12-10-23(11-13-24)18-4-2-1-3-5-18/h1-9H,10-15,21H2,(H,22,26). The van der Waals surface area contributed by atoms with Gasteiger partial charge in [-0.3, -0.25) is 9.59 Å². The van der Waals surface area contributed by atoms with Gasteiger partial charge in [-0.1, -0.05) is 30.3 Å². The lowest BCUT2D eigenvalue weighted by molar-refractivity contribution is -0.130. The third kappa shape index (κ3) is 4.40. The van der Waals surface area contributed by atoms with Crippen LogP contribution in [0.1, 0.15) is 15.9 Å². The van der Waals surface area contributed by atoms with Crippen LogP contribution in [0.5, 0.6) is 0 Å². The van der Waals surface area contributed by atoms with Crippen molar-refractivity contribution in [2.24, 2.45) is 5.73 Å². The number of amides is 2. The summed E-state index contributed by atoms with van der Waals surface area (Å²) in [5.41, 5.74) is 8.22. The maximum absolute atomic E-state index is 12.4. The van der Waals surface area contributed by atoms with E-state index in [1.807, 2.05) is 30.3 Å². The van der Waals surface area contributed by atoms with E-state index in [0.29, 0.717) is 25.2 Å². The lowest BCUT2D eigenvalue weighted by atomic mass is 10.1. The predicted molar refractivity (Wildman–Crippen MR) is 102 cm³/mol. The Kier molecular flexibility index (Phi) is 5.86. The van der Waals surface area contributed by atoms with Crippen LogP contribution in [0.15, 0.2) is 54.6 Å². The van der Waals surface area contributed by atoms with E-state index in [0.717, 1.165) is 18.7 Å². The zero-order chi connectivity index (χ0) is 18.4. The first kappa shape index (κ1) is 17.9. The number of rotatable bonds is 5. The molecule has 1 saturated heterocycles. The number of nitrogens with one attached hydrogen (secondary N) is 1. The first-order valence-corrected chi connectivity index (χ1v) is 8.82. The predicted octanol–water partition coefficient (Wildman–Crippen LogP) is 1.22. The molecule has 2 aromatic rings. The Morgan fingerprint density at radius 2 is 1.58 bits per heavy atom. The summed E-state index contributed by atoms with van der Waals surface area (Å²) in [5, 5.41) is 2.70. The number of anilines is 1. The number of nitrogens with zero attached hydrogens (tertiary/aromatic N) is 2. The number of piperazine rings is 1. The fourth-order valence-corrected chi connectivity index (χ4v) is 3.01. The minimum atomic E-state index is -0.246. The van der Waals surface area contributed by atoms with Gasteiger partial charge in [0.2, 0.25) is 5.91 Å². The Hall–Kier alpha value is -2.86. The van der Waals surface area contributed by atoms with Crippen LogP contribution in [0.25, 0.3) is 0 Å². The monoisotopic (exact) mass is 352 g/mol. The summed E-state index contributed by atoms with van der Waals surface area (Å²) in [6.07, 6.45) is 0. The van der Waals surface area contributed by atoms with Gasteiger partial charge in [-0.2, -0.15) is 0 Å². The van der Waals surface area contributed by atoms with Crippen LogP contribution in [-0.2, 0) is 11.3 Å². The average molecular weight is 352 g/mol. The largest absolute Gasteiger partial charge is 0.368 e. The molecule has 6 nitrogen and oxygen atoms in total. The molecule has 0 unspecified atom stereocenters. The molecule has 0 saturated carbocycles. The van der Waals surface area contributed by atoms with E-state index in [1.54, 1.807) is 17.0 Å². The zero-order valence-electron chi connectivity index (χ0n) is 14.7. The highest BCUT2D eigenvalue weighted by molar-refractivity contribution is 5.96. The van der Waals surface area contributed by atoms with Gasteiger partial charge in [0.1, 0.15) is 0 Å². The second kappa shape index (κ2) is 8.49. The normalized spacial score (nSPS) is 14.2. The van der Waals surface area contributed by atoms with E-state index in [9.17, 15) is 9.59 Å². The molecule has 2 aromatic carbocycles. The summed E-state index contributed by atoms with van der Waals surface area (Å²) in [7, 11) is 0. The molecular weight excluding hydrogens is 328 g/mol. The van der Waals surface area contributed by atoms with Crippen molar-refractivity contribution in [1.82, 2.24) is 10.2 Å². The van der Waals surface area contributed by atoms with Crippen molar-refractivity contribution in [3.05, 3.63) is 65.7 Å². The fraction of sp³-hybridized carbons (Fsp3) is 0.300. The molecule has 3 N–H and O–H groups in total. The SMILES string of the molecule is NCc1ccc(C(=O)NCC(=O)N2CCN(c3ccccc3)CC2)cc1. The highest BCUT2D eigenvalue weighted by Gasteiger charge is 2.21. The molecule has 0 aromatic heterocycles. The third-order valence-electron chi connectivity index (χ3n) is 4.61. The van der Waals surface area contributed by atoms with Gasteiger partial charge in [0, 0.05) is 44.0 Å². The maximum atomic E-state index is 12.4. The van der Waals surface area contributed by atoms with Gasteiger partial charge in [0.05, 0.1) is 6.54 Å². The molecule has 0 atom stereocenters. The lowest BCUT2D eigenvalue weighted by Gasteiger charge is -2.36. The molecule has 1 aliphatic rings. The molecule has 2 amide bonds. The molecule has 3 rings (SSSR count). The highest BCUT2D eigenvalue weighted by Crippen LogP contribution is 2.15. The molecular formula is C20H24N4O2. The van der Waals surface area contributed by atoms with Crippen molar-refractivity contribution >= 4 is 17.5 Å². The Balaban J connectivity index is 1.46. The lowest BCUT2D eigenvalue weighted by Crippen LogP contribution is -2.51. The van der Waals surface area contributed by atoms with Crippen molar-refractivity contribution in [3.63, 3.8) is 0 Å². The Morgan fingerprint density at radius 1 is 0.923 bits per heavy atom. The van der Waals surface area contributed by atoms with Gasteiger partial charge in [-0.15, -0.1) is 0 Å². The minimum Gasteiger partial charge on any atom is -0.368 e. The van der Waals surface area contributed by atoms with Gasteiger partial charge in [0.15, 0.2) is 0 Å². The van der Waals surface area contributed by atoms with E-state index >= 15 is 0 Å². The molecule has 1 heterocycles. The zero-order valence-corrected chi connectivity index (χ0v) is 14.7. The van der Waals surface area contributed by atoms with Crippen LogP contribution in [0.2, 0.25) is 0 Å². The summed E-state index contributed by atoms with van der Waals surface area (Å²) in [5.74, 6) is -0.297. The quantitative estimate of drug-likeness (QED) is 0.848. The Bertz CT molecular complexity index is 738. The Morgan fingerprint density at radius 3 is 2.19 bits per heavy atom. The van der Waals surface area contributed by atoms with E-state index < -0.39 is 0 Å². The number of para-hydroxylation sites is 1. The van der Waals surface area contributed by atoms with Gasteiger partial charge >= 0.3 is 0 Å². The van der Waals surface area contributed by atoms with Crippen LogP contribution in [0.4, 0.5) is 5.69 Å². The summed E-state index contributed by atoms with van der Waals surface area (Å²) in [6.45, 7) is 3.37. The van der Waals surface area contributed by atoms with Gasteiger partial charge in [0.25, 0.3) is 5.91 Å². The molecule has 0 bridgehead atoms. The van der Waals surface area contributed by atoms with Gasteiger partial charge < -0.3 is 20.9 Å². The van der Waals surface area contributed by atoms with Crippen LogP contribution >= 0.6 is 0 Å². The number of carbonyl (C=O) groups excluding carboxylic acids is 2. The van der Waals surface area contributed by atoms with E-state index in [2.05, 4.69) is 22.3 Å². The van der Waals surface area contributed by atoms with E-state index in [4.69, 9.17) is 5.73 Å². The van der Waals surface area contributed by atoms with Gasteiger partial charge in [-0.05, 0) is 29.8 Å². The minimum absolute atomic E-state index is 0.0167. The molecule has 136 valence electrons. The first-order chi connectivity index (χ1) is 12.7. The summed E-state index contributed by atoms with van der Waals surface area (Å²) < 4.78 is 0. The molecule has 26 heavy (non-hydrogen) atoms. The summed E-state index contributed by atoms with van der Waals surface area (Å²) in [4.78, 5) is 28.6. The summed E-state index contributed by atoms with van der Waals surface area (Å²) >= 11 is 0. The molecule has 1 aliphatic heterocycles. The smallest absolute Gasteiger partial charge is 0.251 e. The number of benzene rings is 2. The summed E-state index contributed by atoms with van der Waals surface area (Å²) in [6, 6.07) is 17.3. The van der Waals surface area contributed by atoms with Gasteiger partial charge in [-0.25, -0.2) is 0 Å². The molecule has 0 spiro atoms. The number of hydrogen-bond acceptors (Lipinski definition) is 4. The van der Waals surface area contributed by atoms with Crippen LogP contribution < -0.4 is 16.0 Å². The maximum Gasteiger partial charge on any atom is 0.251 e. The van der Waals surface area contributed by atoms with Crippen molar-refractivity contribution in [2.75, 3.05) is 37.6 Å². The Labute approximate surface area is 153 Å². The van der Waals surface area contributed by atoms with E-state index in [1.165, 1.54) is 5.69 Å². The third-order valence-corrected chi connectivity index (χ3v) is 4.61. The number of nitrogens with two attached hydrogens (primary N) is 1. The number of hydrogen-bond donors (Lipinski definition) is 2. The molecule has 0 aliphatic carbocycles. The average Bonchev–Trinajstić information content (AvgIpc) is 2.72. The molecule has 0 radical (unpaired) electrons. The van der Waals surface area contributed by atoms with Crippen molar-refractivity contribution < 1.29 is 9.59 Å².